The Hall–Kier alpha value is -5.40. The van der Waals surface area contributed by atoms with E-state index in [0.29, 0.717) is 19.4 Å². The van der Waals surface area contributed by atoms with Gasteiger partial charge < -0.3 is 47.7 Å². The van der Waals surface area contributed by atoms with E-state index in [9.17, 15) is 24.3 Å². The van der Waals surface area contributed by atoms with E-state index in [2.05, 4.69) is 27.5 Å². The first-order valence-corrected chi connectivity index (χ1v) is 15.3. The van der Waals surface area contributed by atoms with Crippen LogP contribution in [0.3, 0.4) is 0 Å². The van der Waals surface area contributed by atoms with Gasteiger partial charge in [0.1, 0.15) is 29.6 Å². The van der Waals surface area contributed by atoms with Gasteiger partial charge in [-0.15, -0.1) is 0 Å². The van der Waals surface area contributed by atoms with E-state index in [4.69, 9.17) is 21.6 Å². The van der Waals surface area contributed by atoms with Crippen LogP contribution in [0, 0.1) is 0 Å². The van der Waals surface area contributed by atoms with E-state index >= 15 is 0 Å². The lowest BCUT2D eigenvalue weighted by molar-refractivity contribution is -0.132. The number of nitrogens with one attached hydrogen (secondary N) is 4. The molecule has 4 rings (SSSR count). The molecule has 0 fully saturated rings. The quantitative estimate of drug-likeness (QED) is 0.0620. The molecule has 11 N–H and O–H groups in total. The average molecular weight is 644 g/mol. The van der Waals surface area contributed by atoms with Crippen molar-refractivity contribution < 1.29 is 28.7 Å². The predicted molar refractivity (Wildman–Crippen MR) is 176 cm³/mol. The summed E-state index contributed by atoms with van der Waals surface area (Å²) in [5.41, 5.74) is 19.6. The lowest BCUT2D eigenvalue weighted by Gasteiger charge is -2.26. The standard InChI is InChI=1S/C34H41N7O6/c1-20(31(37)43)30(29-10-6-16-47-29)41-34(46)28(18-22-19-38-26-8-3-2-7-24(22)26)40-33(45)27(9-4-5-15-35)39-32(44)25(36)17-21-11-13-23(42)14-12-21/h2-3,6-8,10-14,16,19,25,27-28,30,38,42H,1,4-5,9,15,17-18,35-36H2,(H2,37,43)(H,39,44)(H,40,45)(H,41,46)/t25-,27+,28-,30+/m0/s1. The summed E-state index contributed by atoms with van der Waals surface area (Å²) in [5.74, 6) is -2.31. The number of phenolic OH excluding ortho intramolecular Hbond substituents is 1. The van der Waals surface area contributed by atoms with Crippen LogP contribution >= 0.6 is 0 Å². The maximum atomic E-state index is 13.9. The van der Waals surface area contributed by atoms with Crippen molar-refractivity contribution in [2.75, 3.05) is 6.54 Å². The predicted octanol–water partition coefficient (Wildman–Crippen LogP) is 1.58. The molecule has 0 aliphatic rings. The Morgan fingerprint density at radius 3 is 2.26 bits per heavy atom. The first kappa shape index (κ1) is 34.5. The van der Waals surface area contributed by atoms with Crippen LogP contribution in [0.2, 0.25) is 0 Å². The molecule has 0 bridgehead atoms. The molecule has 0 spiro atoms. The Bertz CT molecular complexity index is 1680. The number of aromatic hydroxyl groups is 1. The molecule has 13 heteroatoms. The molecule has 0 aliphatic carbocycles. The number of carbonyl (C=O) groups excluding carboxylic acids is 4. The lowest BCUT2D eigenvalue weighted by atomic mass is 10.0. The minimum Gasteiger partial charge on any atom is -0.508 e. The highest BCUT2D eigenvalue weighted by molar-refractivity contribution is 5.96. The number of carbonyl (C=O) groups is 4. The Balaban J connectivity index is 1.57. The molecule has 4 amide bonds. The third kappa shape index (κ3) is 9.31. The number of benzene rings is 2. The van der Waals surface area contributed by atoms with E-state index in [-0.39, 0.29) is 36.3 Å². The first-order valence-electron chi connectivity index (χ1n) is 15.3. The number of fused-ring (bicyclic) bond motifs is 1. The van der Waals surface area contributed by atoms with Gasteiger partial charge in [-0.25, -0.2) is 0 Å². The third-order valence-electron chi connectivity index (χ3n) is 7.82. The van der Waals surface area contributed by atoms with Gasteiger partial charge in [0, 0.05) is 29.1 Å². The largest absolute Gasteiger partial charge is 0.508 e. The van der Waals surface area contributed by atoms with Crippen LogP contribution < -0.4 is 33.2 Å². The Kier molecular flexibility index (Phi) is 11.9. The van der Waals surface area contributed by atoms with Crippen molar-refractivity contribution in [2.45, 2.75) is 56.3 Å². The van der Waals surface area contributed by atoms with Crippen molar-refractivity contribution in [2.24, 2.45) is 17.2 Å². The number of phenols is 1. The molecule has 4 atom stereocenters. The lowest BCUT2D eigenvalue weighted by Crippen LogP contribution is -2.56. The van der Waals surface area contributed by atoms with Crippen molar-refractivity contribution in [3.63, 3.8) is 0 Å². The second kappa shape index (κ2) is 16.2. The van der Waals surface area contributed by atoms with E-state index in [1.165, 1.54) is 18.4 Å². The molecule has 0 saturated carbocycles. The fourth-order valence-electron chi connectivity index (χ4n) is 5.19. The van der Waals surface area contributed by atoms with Crippen LogP contribution in [0.4, 0.5) is 0 Å². The Morgan fingerprint density at radius 2 is 1.57 bits per heavy atom. The number of rotatable bonds is 17. The minimum absolute atomic E-state index is 0.0688. The highest BCUT2D eigenvalue weighted by Gasteiger charge is 2.32. The van der Waals surface area contributed by atoms with Crippen molar-refractivity contribution in [1.29, 1.82) is 0 Å². The molecule has 13 nitrogen and oxygen atoms in total. The van der Waals surface area contributed by atoms with Gasteiger partial charge in [0.2, 0.25) is 23.6 Å². The van der Waals surface area contributed by atoms with Crippen LogP contribution in [-0.4, -0.2) is 58.4 Å². The van der Waals surface area contributed by atoms with Gasteiger partial charge in [-0.2, -0.15) is 0 Å². The fourth-order valence-corrected chi connectivity index (χ4v) is 5.19. The molecular formula is C34H41N7O6. The molecule has 0 aliphatic heterocycles. The normalized spacial score (nSPS) is 13.7. The zero-order chi connectivity index (χ0) is 33.9. The van der Waals surface area contributed by atoms with Crippen LogP contribution in [0.1, 0.15) is 42.2 Å². The van der Waals surface area contributed by atoms with Gasteiger partial charge >= 0.3 is 0 Å². The number of nitrogens with two attached hydrogens (primary N) is 3. The molecule has 0 radical (unpaired) electrons. The number of hydrogen-bond acceptors (Lipinski definition) is 8. The first-order chi connectivity index (χ1) is 22.6. The van der Waals surface area contributed by atoms with Crippen LogP contribution in [-0.2, 0) is 32.0 Å². The summed E-state index contributed by atoms with van der Waals surface area (Å²) in [6.07, 6.45) is 4.77. The van der Waals surface area contributed by atoms with Crippen molar-refractivity contribution in [3.8, 4) is 5.75 Å². The third-order valence-corrected chi connectivity index (χ3v) is 7.82. The minimum atomic E-state index is -1.15. The van der Waals surface area contributed by atoms with Gasteiger partial charge in [-0.05, 0) is 73.7 Å². The number of primary amides is 1. The van der Waals surface area contributed by atoms with Gasteiger partial charge in [-0.3, -0.25) is 19.2 Å². The van der Waals surface area contributed by atoms with E-state index in [0.717, 1.165) is 22.0 Å². The van der Waals surface area contributed by atoms with Crippen molar-refractivity contribution >= 4 is 34.5 Å². The number of para-hydroxylation sites is 1. The second-order valence-electron chi connectivity index (χ2n) is 11.3. The average Bonchev–Trinajstić information content (AvgIpc) is 3.74. The number of hydrogen-bond donors (Lipinski definition) is 8. The summed E-state index contributed by atoms with van der Waals surface area (Å²) in [6, 6.07) is 12.7. The van der Waals surface area contributed by atoms with Crippen LogP contribution in [0.5, 0.6) is 5.75 Å². The summed E-state index contributed by atoms with van der Waals surface area (Å²) in [4.78, 5) is 56.1. The van der Waals surface area contributed by atoms with Crippen molar-refractivity contribution in [1.82, 2.24) is 20.9 Å². The Labute approximate surface area is 271 Å². The topological polar surface area (TPSA) is 232 Å². The van der Waals surface area contributed by atoms with E-state index in [1.807, 2.05) is 24.3 Å². The number of furan rings is 1. The van der Waals surface area contributed by atoms with Crippen molar-refractivity contribution in [3.05, 3.63) is 102 Å². The number of H-pyrrole nitrogens is 1. The zero-order valence-electron chi connectivity index (χ0n) is 25.9. The number of unbranched alkanes of at least 4 members (excludes halogenated alkanes) is 1. The van der Waals surface area contributed by atoms with Gasteiger partial charge in [0.15, 0.2) is 0 Å². The maximum Gasteiger partial charge on any atom is 0.246 e. The molecule has 2 aromatic heterocycles. The SMILES string of the molecule is C=C(C(N)=O)[C@@H](NC(=O)[C@H](Cc1c[nH]c2ccccc12)NC(=O)[C@@H](CCCCN)NC(=O)[C@@H](N)Cc1ccc(O)cc1)c1ccco1. The summed E-state index contributed by atoms with van der Waals surface area (Å²) in [7, 11) is 0. The number of aromatic nitrogens is 1. The molecule has 2 heterocycles. The van der Waals surface area contributed by atoms with Gasteiger partial charge in [-0.1, -0.05) is 36.9 Å². The van der Waals surface area contributed by atoms with Gasteiger partial charge in [0.25, 0.3) is 0 Å². The summed E-state index contributed by atoms with van der Waals surface area (Å²) in [6.45, 7) is 4.13. The monoisotopic (exact) mass is 643 g/mol. The molecule has 2 aromatic carbocycles. The number of amides is 4. The molecule has 4 aromatic rings. The summed E-state index contributed by atoms with van der Waals surface area (Å²) < 4.78 is 5.44. The molecule has 47 heavy (non-hydrogen) atoms. The van der Waals surface area contributed by atoms with E-state index in [1.54, 1.807) is 30.5 Å². The van der Waals surface area contributed by atoms with Gasteiger partial charge in [0.05, 0.1) is 12.3 Å². The molecule has 0 saturated heterocycles. The number of aromatic amines is 1. The van der Waals surface area contributed by atoms with Crippen LogP contribution in [0.25, 0.3) is 10.9 Å². The molecule has 0 unspecified atom stereocenters. The zero-order valence-corrected chi connectivity index (χ0v) is 25.9. The summed E-state index contributed by atoms with van der Waals surface area (Å²) >= 11 is 0. The molecular weight excluding hydrogens is 602 g/mol. The molecule has 248 valence electrons. The fraction of sp³-hybridized carbons (Fsp3) is 0.294. The smallest absolute Gasteiger partial charge is 0.246 e. The van der Waals surface area contributed by atoms with Crippen LogP contribution in [0.15, 0.2) is 89.7 Å². The second-order valence-corrected chi connectivity index (χ2v) is 11.3. The highest BCUT2D eigenvalue weighted by atomic mass is 16.3. The Morgan fingerprint density at radius 1 is 0.872 bits per heavy atom. The highest BCUT2D eigenvalue weighted by Crippen LogP contribution is 2.23. The summed E-state index contributed by atoms with van der Waals surface area (Å²) in [5, 5.41) is 18.7. The maximum absolute atomic E-state index is 13.9. The van der Waals surface area contributed by atoms with E-state index < -0.39 is 47.8 Å².